The molecule has 6 nitrogen and oxygen atoms in total. The lowest BCUT2D eigenvalue weighted by Crippen LogP contribution is -2.38. The summed E-state index contributed by atoms with van der Waals surface area (Å²) in [6.45, 7) is 2.10. The largest absolute Gasteiger partial charge is 0.338 e. The van der Waals surface area contributed by atoms with Gasteiger partial charge in [-0.1, -0.05) is 11.6 Å². The maximum absolute atomic E-state index is 6.16. The SMILES string of the molecule is Cn1cncc1-c1noc(C2(C)CCCC2N)n1. The first-order chi connectivity index (χ1) is 8.61. The van der Waals surface area contributed by atoms with Crippen molar-refractivity contribution in [3.63, 3.8) is 0 Å². The fraction of sp³-hybridized carbons (Fsp3) is 0.583. The molecule has 2 unspecified atom stereocenters. The molecule has 3 rings (SSSR count). The van der Waals surface area contributed by atoms with Crippen molar-refractivity contribution < 1.29 is 4.52 Å². The average Bonchev–Trinajstić information content (AvgIpc) is 3.01. The molecule has 0 aromatic carbocycles. The molecule has 2 aromatic rings. The second-order valence-electron chi connectivity index (χ2n) is 5.23. The summed E-state index contributed by atoms with van der Waals surface area (Å²) >= 11 is 0. The van der Waals surface area contributed by atoms with Gasteiger partial charge in [-0.05, 0) is 19.8 Å². The molecule has 1 fully saturated rings. The van der Waals surface area contributed by atoms with E-state index < -0.39 is 0 Å². The van der Waals surface area contributed by atoms with E-state index in [0.717, 1.165) is 25.0 Å². The van der Waals surface area contributed by atoms with E-state index >= 15 is 0 Å². The van der Waals surface area contributed by atoms with Gasteiger partial charge >= 0.3 is 0 Å². The molecule has 0 bridgehead atoms. The summed E-state index contributed by atoms with van der Waals surface area (Å²) in [7, 11) is 1.90. The topological polar surface area (TPSA) is 82.8 Å². The Morgan fingerprint density at radius 2 is 2.39 bits per heavy atom. The highest BCUT2D eigenvalue weighted by atomic mass is 16.5. The summed E-state index contributed by atoms with van der Waals surface area (Å²) in [6.07, 6.45) is 6.57. The highest BCUT2D eigenvalue weighted by molar-refractivity contribution is 5.47. The molecule has 0 saturated heterocycles. The van der Waals surface area contributed by atoms with Gasteiger partial charge in [0.1, 0.15) is 5.69 Å². The van der Waals surface area contributed by atoms with Crippen molar-refractivity contribution in [2.45, 2.75) is 37.6 Å². The minimum Gasteiger partial charge on any atom is -0.338 e. The zero-order chi connectivity index (χ0) is 12.8. The second-order valence-corrected chi connectivity index (χ2v) is 5.23. The number of hydrogen-bond acceptors (Lipinski definition) is 5. The van der Waals surface area contributed by atoms with Crippen LogP contribution in [0, 0.1) is 0 Å². The molecule has 0 amide bonds. The van der Waals surface area contributed by atoms with Crippen LogP contribution in [0.4, 0.5) is 0 Å². The number of hydrogen-bond donors (Lipinski definition) is 1. The lowest BCUT2D eigenvalue weighted by Gasteiger charge is -2.23. The first-order valence-electron chi connectivity index (χ1n) is 6.18. The van der Waals surface area contributed by atoms with Gasteiger partial charge in [0, 0.05) is 13.1 Å². The maximum Gasteiger partial charge on any atom is 0.234 e. The Balaban J connectivity index is 1.97. The minimum absolute atomic E-state index is 0.0948. The van der Waals surface area contributed by atoms with Gasteiger partial charge in [0.25, 0.3) is 0 Å². The quantitative estimate of drug-likeness (QED) is 0.863. The van der Waals surface area contributed by atoms with Crippen LogP contribution in [0.1, 0.15) is 32.1 Å². The van der Waals surface area contributed by atoms with Crippen molar-refractivity contribution in [2.24, 2.45) is 12.8 Å². The van der Waals surface area contributed by atoms with E-state index in [0.29, 0.717) is 11.7 Å². The van der Waals surface area contributed by atoms with Gasteiger partial charge in [0.15, 0.2) is 0 Å². The standard InChI is InChI=1S/C12H17N5O/c1-12(5-3-4-9(12)13)11-15-10(16-18-11)8-6-14-7-17(8)2/h6-7,9H,3-5,13H2,1-2H3. The van der Waals surface area contributed by atoms with Crippen LogP contribution in [-0.4, -0.2) is 25.7 Å². The molecule has 6 heteroatoms. The predicted molar refractivity (Wildman–Crippen MR) is 65.7 cm³/mol. The smallest absolute Gasteiger partial charge is 0.234 e. The van der Waals surface area contributed by atoms with Crippen molar-refractivity contribution in [2.75, 3.05) is 0 Å². The Hall–Kier alpha value is -1.69. The lowest BCUT2D eigenvalue weighted by molar-refractivity contribution is 0.278. The Labute approximate surface area is 105 Å². The summed E-state index contributed by atoms with van der Waals surface area (Å²) in [5.74, 6) is 1.22. The molecular weight excluding hydrogens is 230 g/mol. The van der Waals surface area contributed by atoms with Gasteiger partial charge in [-0.15, -0.1) is 0 Å². The first kappa shape index (κ1) is 11.4. The molecule has 2 aromatic heterocycles. The number of nitrogens with zero attached hydrogens (tertiary/aromatic N) is 4. The molecule has 1 aliphatic rings. The zero-order valence-corrected chi connectivity index (χ0v) is 10.6. The minimum atomic E-state index is -0.191. The van der Waals surface area contributed by atoms with Crippen molar-refractivity contribution in [3.8, 4) is 11.5 Å². The van der Waals surface area contributed by atoms with Crippen molar-refractivity contribution in [1.82, 2.24) is 19.7 Å². The van der Waals surface area contributed by atoms with Gasteiger partial charge in [0.05, 0.1) is 17.9 Å². The summed E-state index contributed by atoms with van der Waals surface area (Å²) in [6, 6.07) is 0.0948. The molecule has 0 spiro atoms. The molecule has 2 heterocycles. The third-order valence-corrected chi connectivity index (χ3v) is 3.99. The molecular formula is C12H17N5O. The van der Waals surface area contributed by atoms with E-state index in [1.54, 1.807) is 12.5 Å². The fourth-order valence-electron chi connectivity index (χ4n) is 2.59. The van der Waals surface area contributed by atoms with Crippen LogP contribution in [0.3, 0.4) is 0 Å². The van der Waals surface area contributed by atoms with Gasteiger partial charge in [-0.2, -0.15) is 4.98 Å². The van der Waals surface area contributed by atoms with Crippen molar-refractivity contribution >= 4 is 0 Å². The first-order valence-corrected chi connectivity index (χ1v) is 6.18. The van der Waals surface area contributed by atoms with Crippen LogP contribution in [0.5, 0.6) is 0 Å². The van der Waals surface area contributed by atoms with Crippen LogP contribution in [0.2, 0.25) is 0 Å². The summed E-state index contributed by atoms with van der Waals surface area (Å²) < 4.78 is 7.29. The summed E-state index contributed by atoms with van der Waals surface area (Å²) in [5, 5.41) is 4.04. The lowest BCUT2D eigenvalue weighted by atomic mass is 9.85. The van der Waals surface area contributed by atoms with E-state index in [1.807, 2.05) is 11.6 Å². The molecule has 2 N–H and O–H groups in total. The number of aryl methyl sites for hydroxylation is 1. The predicted octanol–water partition coefficient (Wildman–Crippen LogP) is 1.24. The molecule has 0 radical (unpaired) electrons. The van der Waals surface area contributed by atoms with Crippen molar-refractivity contribution in [3.05, 3.63) is 18.4 Å². The monoisotopic (exact) mass is 247 g/mol. The van der Waals surface area contributed by atoms with E-state index in [4.69, 9.17) is 10.3 Å². The van der Waals surface area contributed by atoms with Crippen LogP contribution >= 0.6 is 0 Å². The van der Waals surface area contributed by atoms with E-state index in [1.165, 1.54) is 0 Å². The van der Waals surface area contributed by atoms with E-state index in [2.05, 4.69) is 22.0 Å². The maximum atomic E-state index is 6.16. The Morgan fingerprint density at radius 3 is 3.00 bits per heavy atom. The third kappa shape index (κ3) is 1.56. The number of rotatable bonds is 2. The summed E-state index contributed by atoms with van der Waals surface area (Å²) in [5.41, 5.74) is 6.81. The van der Waals surface area contributed by atoms with Crippen LogP contribution in [0.15, 0.2) is 17.0 Å². The summed E-state index contributed by atoms with van der Waals surface area (Å²) in [4.78, 5) is 8.55. The van der Waals surface area contributed by atoms with Crippen LogP contribution in [0.25, 0.3) is 11.5 Å². The molecule has 96 valence electrons. The Morgan fingerprint density at radius 1 is 1.56 bits per heavy atom. The van der Waals surface area contributed by atoms with Gasteiger partial charge < -0.3 is 14.8 Å². The van der Waals surface area contributed by atoms with E-state index in [9.17, 15) is 0 Å². The molecule has 18 heavy (non-hydrogen) atoms. The Kier molecular flexibility index (Phi) is 2.48. The Bertz CT molecular complexity index is 560. The third-order valence-electron chi connectivity index (χ3n) is 3.99. The highest BCUT2D eigenvalue weighted by Crippen LogP contribution is 2.39. The number of nitrogens with two attached hydrogens (primary N) is 1. The van der Waals surface area contributed by atoms with Gasteiger partial charge in [0.2, 0.25) is 11.7 Å². The van der Waals surface area contributed by atoms with E-state index in [-0.39, 0.29) is 11.5 Å². The van der Waals surface area contributed by atoms with Gasteiger partial charge in [-0.3, -0.25) is 0 Å². The highest BCUT2D eigenvalue weighted by Gasteiger charge is 2.42. The zero-order valence-electron chi connectivity index (χ0n) is 10.6. The molecule has 1 aliphatic carbocycles. The molecule has 2 atom stereocenters. The second kappa shape index (κ2) is 3.91. The molecule has 0 aliphatic heterocycles. The molecule has 1 saturated carbocycles. The van der Waals surface area contributed by atoms with Crippen LogP contribution in [-0.2, 0) is 12.5 Å². The normalized spacial score (nSPS) is 27.8. The fourth-order valence-corrected chi connectivity index (χ4v) is 2.59. The average molecular weight is 247 g/mol. The van der Waals surface area contributed by atoms with Crippen LogP contribution < -0.4 is 5.73 Å². The van der Waals surface area contributed by atoms with Gasteiger partial charge in [-0.25, -0.2) is 4.98 Å². The van der Waals surface area contributed by atoms with Crippen molar-refractivity contribution in [1.29, 1.82) is 0 Å². The number of aromatic nitrogens is 4. The number of imidazole rings is 1.